The molecule has 70 valence electrons. The standard InChI is InChI=1S/C6H8F3NO2/c7-6(8,9)4-2-1-3(12-4)5(10)11/h3-4H,1-2H2,(H2,10,11). The molecule has 1 saturated heterocycles. The van der Waals surface area contributed by atoms with Crippen LogP contribution in [0.5, 0.6) is 0 Å². The second-order valence-corrected chi connectivity index (χ2v) is 2.63. The van der Waals surface area contributed by atoms with Crippen molar-refractivity contribution in [1.29, 1.82) is 0 Å². The molecule has 12 heavy (non-hydrogen) atoms. The highest BCUT2D eigenvalue weighted by atomic mass is 19.4. The normalized spacial score (nSPS) is 30.6. The molecule has 0 saturated carbocycles. The van der Waals surface area contributed by atoms with E-state index in [1.165, 1.54) is 0 Å². The highest BCUT2D eigenvalue weighted by molar-refractivity contribution is 5.79. The number of hydrogen-bond acceptors (Lipinski definition) is 2. The summed E-state index contributed by atoms with van der Waals surface area (Å²) in [6.45, 7) is 0. The number of hydrogen-bond donors (Lipinski definition) is 1. The first-order valence-electron chi connectivity index (χ1n) is 3.42. The molecule has 1 rings (SSSR count). The summed E-state index contributed by atoms with van der Waals surface area (Å²) in [4.78, 5) is 10.4. The topological polar surface area (TPSA) is 52.3 Å². The third kappa shape index (κ3) is 1.88. The fraction of sp³-hybridized carbons (Fsp3) is 0.833. The minimum Gasteiger partial charge on any atom is -0.367 e. The number of nitrogens with two attached hydrogens (primary N) is 1. The number of rotatable bonds is 1. The molecule has 1 heterocycles. The Kier molecular flexibility index (Phi) is 2.27. The molecule has 1 fully saturated rings. The van der Waals surface area contributed by atoms with E-state index >= 15 is 0 Å². The molecule has 0 bridgehead atoms. The van der Waals surface area contributed by atoms with Crippen molar-refractivity contribution in [3.63, 3.8) is 0 Å². The van der Waals surface area contributed by atoms with Crippen LogP contribution < -0.4 is 5.73 Å². The second-order valence-electron chi connectivity index (χ2n) is 2.63. The van der Waals surface area contributed by atoms with Gasteiger partial charge in [0.25, 0.3) is 0 Å². The predicted octanol–water partition coefficient (Wildman–Crippen LogP) is 0.582. The minimum atomic E-state index is -4.38. The Labute approximate surface area is 66.7 Å². The number of halogens is 3. The number of primary amides is 1. The van der Waals surface area contributed by atoms with E-state index in [0.717, 1.165) is 0 Å². The zero-order valence-corrected chi connectivity index (χ0v) is 6.10. The van der Waals surface area contributed by atoms with E-state index in [2.05, 4.69) is 4.74 Å². The summed E-state index contributed by atoms with van der Waals surface area (Å²) in [5, 5.41) is 0. The van der Waals surface area contributed by atoms with Crippen LogP contribution in [0, 0.1) is 0 Å². The Morgan fingerprint density at radius 2 is 2.00 bits per heavy atom. The van der Waals surface area contributed by atoms with Crippen molar-refractivity contribution in [1.82, 2.24) is 0 Å². The van der Waals surface area contributed by atoms with Gasteiger partial charge in [0, 0.05) is 0 Å². The lowest BCUT2D eigenvalue weighted by Crippen LogP contribution is -2.33. The van der Waals surface area contributed by atoms with Gasteiger partial charge in [-0.15, -0.1) is 0 Å². The van der Waals surface area contributed by atoms with Crippen LogP contribution >= 0.6 is 0 Å². The van der Waals surface area contributed by atoms with E-state index in [1.54, 1.807) is 0 Å². The molecular weight excluding hydrogens is 175 g/mol. The highest BCUT2D eigenvalue weighted by Gasteiger charge is 2.46. The molecule has 1 aliphatic heterocycles. The Hall–Kier alpha value is -0.780. The Morgan fingerprint density at radius 3 is 2.25 bits per heavy atom. The van der Waals surface area contributed by atoms with Crippen LogP contribution in [-0.4, -0.2) is 24.3 Å². The van der Waals surface area contributed by atoms with Crippen molar-refractivity contribution in [3.05, 3.63) is 0 Å². The lowest BCUT2D eigenvalue weighted by Gasteiger charge is -2.14. The number of alkyl halides is 3. The van der Waals surface area contributed by atoms with Crippen LogP contribution in [0.2, 0.25) is 0 Å². The van der Waals surface area contributed by atoms with Gasteiger partial charge in [-0.3, -0.25) is 4.79 Å². The number of carbonyl (C=O) groups excluding carboxylic acids is 1. The first kappa shape index (κ1) is 9.31. The first-order valence-corrected chi connectivity index (χ1v) is 3.42. The average Bonchev–Trinajstić information content (AvgIpc) is 2.30. The van der Waals surface area contributed by atoms with Gasteiger partial charge in [0.05, 0.1) is 0 Å². The van der Waals surface area contributed by atoms with Gasteiger partial charge in [0.2, 0.25) is 5.91 Å². The van der Waals surface area contributed by atoms with Gasteiger partial charge < -0.3 is 10.5 Å². The molecule has 6 heteroatoms. The summed E-state index contributed by atoms with van der Waals surface area (Å²) in [6, 6.07) is 0. The SMILES string of the molecule is NC(=O)C1CCC(C(F)(F)F)O1. The second kappa shape index (κ2) is 2.93. The molecule has 1 amide bonds. The first-order chi connectivity index (χ1) is 5.41. The van der Waals surface area contributed by atoms with Crippen LogP contribution in [0.1, 0.15) is 12.8 Å². The lowest BCUT2D eigenvalue weighted by atomic mass is 10.2. The predicted molar refractivity (Wildman–Crippen MR) is 33.1 cm³/mol. The summed E-state index contributed by atoms with van der Waals surface area (Å²) >= 11 is 0. The van der Waals surface area contributed by atoms with Gasteiger partial charge in [-0.05, 0) is 12.8 Å². The third-order valence-electron chi connectivity index (χ3n) is 1.70. The number of amides is 1. The van der Waals surface area contributed by atoms with Crippen molar-refractivity contribution in [2.45, 2.75) is 31.2 Å². The van der Waals surface area contributed by atoms with E-state index in [1.807, 2.05) is 0 Å². The van der Waals surface area contributed by atoms with Gasteiger partial charge in [-0.1, -0.05) is 0 Å². The van der Waals surface area contributed by atoms with Crippen molar-refractivity contribution in [2.24, 2.45) is 5.73 Å². The number of carbonyl (C=O) groups is 1. The molecule has 0 spiro atoms. The molecule has 2 N–H and O–H groups in total. The maximum absolute atomic E-state index is 11.9. The van der Waals surface area contributed by atoms with Gasteiger partial charge in [0.15, 0.2) is 6.10 Å². The summed E-state index contributed by atoms with van der Waals surface area (Å²) in [5.74, 6) is -0.832. The Balaban J connectivity index is 2.51. The monoisotopic (exact) mass is 183 g/mol. The molecule has 2 atom stereocenters. The van der Waals surface area contributed by atoms with E-state index in [0.29, 0.717) is 0 Å². The molecule has 0 aromatic rings. The summed E-state index contributed by atoms with van der Waals surface area (Å²) in [6.07, 6.45) is -7.41. The summed E-state index contributed by atoms with van der Waals surface area (Å²) in [7, 11) is 0. The molecule has 0 radical (unpaired) electrons. The molecular formula is C6H8F3NO2. The van der Waals surface area contributed by atoms with Crippen molar-refractivity contribution < 1.29 is 22.7 Å². The van der Waals surface area contributed by atoms with Gasteiger partial charge in [0.1, 0.15) is 6.10 Å². The van der Waals surface area contributed by atoms with E-state index < -0.39 is 24.3 Å². The maximum atomic E-state index is 11.9. The summed E-state index contributed by atoms with van der Waals surface area (Å²) < 4.78 is 40.1. The zero-order valence-electron chi connectivity index (χ0n) is 6.10. The maximum Gasteiger partial charge on any atom is 0.414 e. The van der Waals surface area contributed by atoms with Crippen molar-refractivity contribution in [2.75, 3.05) is 0 Å². The molecule has 1 aliphatic rings. The van der Waals surface area contributed by atoms with Crippen LogP contribution in [-0.2, 0) is 9.53 Å². The largest absolute Gasteiger partial charge is 0.414 e. The van der Waals surface area contributed by atoms with Crippen molar-refractivity contribution >= 4 is 5.91 Å². The van der Waals surface area contributed by atoms with Gasteiger partial charge in [-0.25, -0.2) is 0 Å². The molecule has 3 nitrogen and oxygen atoms in total. The fourth-order valence-corrected chi connectivity index (χ4v) is 1.09. The Morgan fingerprint density at radius 1 is 1.42 bits per heavy atom. The molecule has 2 unspecified atom stereocenters. The highest BCUT2D eigenvalue weighted by Crippen LogP contribution is 2.32. The van der Waals surface area contributed by atoms with E-state index in [9.17, 15) is 18.0 Å². The zero-order chi connectivity index (χ0) is 9.35. The third-order valence-corrected chi connectivity index (χ3v) is 1.70. The smallest absolute Gasteiger partial charge is 0.367 e. The quantitative estimate of drug-likeness (QED) is 0.646. The van der Waals surface area contributed by atoms with E-state index in [-0.39, 0.29) is 12.8 Å². The van der Waals surface area contributed by atoms with Gasteiger partial charge in [-0.2, -0.15) is 13.2 Å². The summed E-state index contributed by atoms with van der Waals surface area (Å²) in [5.41, 5.74) is 4.77. The van der Waals surface area contributed by atoms with Crippen LogP contribution in [0.25, 0.3) is 0 Å². The number of ether oxygens (including phenoxy) is 1. The van der Waals surface area contributed by atoms with Crippen LogP contribution in [0.3, 0.4) is 0 Å². The van der Waals surface area contributed by atoms with Crippen LogP contribution in [0.4, 0.5) is 13.2 Å². The Bertz CT molecular complexity index is 192. The molecule has 0 aliphatic carbocycles. The average molecular weight is 183 g/mol. The van der Waals surface area contributed by atoms with Gasteiger partial charge >= 0.3 is 6.18 Å². The molecule has 0 aromatic heterocycles. The van der Waals surface area contributed by atoms with Crippen LogP contribution in [0.15, 0.2) is 0 Å². The minimum absolute atomic E-state index is 0.0551. The van der Waals surface area contributed by atoms with Crippen molar-refractivity contribution in [3.8, 4) is 0 Å². The lowest BCUT2D eigenvalue weighted by molar-refractivity contribution is -0.214. The molecule has 0 aromatic carbocycles. The fourth-order valence-electron chi connectivity index (χ4n) is 1.09. The van der Waals surface area contributed by atoms with E-state index in [4.69, 9.17) is 5.73 Å².